The van der Waals surface area contributed by atoms with E-state index >= 15 is 0 Å². The van der Waals surface area contributed by atoms with Crippen LogP contribution in [0.2, 0.25) is 0 Å². The van der Waals surface area contributed by atoms with E-state index in [1.54, 1.807) is 0 Å². The third kappa shape index (κ3) is 4.29. The molecule has 0 bridgehead atoms. The lowest BCUT2D eigenvalue weighted by Crippen LogP contribution is -3.00. The number of benzene rings is 3. The Kier molecular flexibility index (Phi) is 7.80. The predicted molar refractivity (Wildman–Crippen MR) is 118 cm³/mol. The van der Waals surface area contributed by atoms with Crippen molar-refractivity contribution in [2.45, 2.75) is 25.9 Å². The summed E-state index contributed by atoms with van der Waals surface area (Å²) in [6.45, 7) is 4.32. The normalized spacial score (nSPS) is 12.2. The van der Waals surface area contributed by atoms with Gasteiger partial charge in [0, 0.05) is 0 Å². The number of hydrogen-bond acceptors (Lipinski definition) is 1. The molecule has 1 amide bonds. The fourth-order valence-electron chi connectivity index (χ4n) is 3.89. The van der Waals surface area contributed by atoms with Crippen LogP contribution in [-0.4, -0.2) is 11.6 Å². The molecule has 1 atom stereocenters. The van der Waals surface area contributed by atoms with Crippen molar-refractivity contribution >= 4 is 29.1 Å². The second kappa shape index (κ2) is 9.87. The molecule has 0 aromatic heterocycles. The highest BCUT2D eigenvalue weighted by atomic mass is 35.5. The van der Waals surface area contributed by atoms with Crippen LogP contribution in [0.1, 0.15) is 20.3 Å². The second-order valence-corrected chi connectivity index (χ2v) is 10.9. The molecule has 0 aliphatic carbocycles. The van der Waals surface area contributed by atoms with Crippen LogP contribution in [0.3, 0.4) is 0 Å². The fourth-order valence-corrected chi connectivity index (χ4v) is 8.91. The van der Waals surface area contributed by atoms with E-state index in [9.17, 15) is 4.79 Å². The van der Waals surface area contributed by atoms with Crippen molar-refractivity contribution in [3.8, 4) is 0 Å². The highest BCUT2D eigenvalue weighted by Crippen LogP contribution is 2.61. The van der Waals surface area contributed by atoms with Gasteiger partial charge in [0.15, 0.2) is 5.66 Å². The third-order valence-electron chi connectivity index (χ3n) is 4.98. The van der Waals surface area contributed by atoms with Crippen molar-refractivity contribution in [1.29, 1.82) is 0 Å². The summed E-state index contributed by atoms with van der Waals surface area (Å²) in [6, 6.07) is 31.4. The molecule has 0 saturated carbocycles. The van der Waals surface area contributed by atoms with Crippen molar-refractivity contribution in [2.24, 2.45) is 11.7 Å². The maximum absolute atomic E-state index is 12.9. The molecule has 2 nitrogen and oxygen atoms in total. The van der Waals surface area contributed by atoms with Crippen LogP contribution < -0.4 is 34.1 Å². The topological polar surface area (TPSA) is 43.1 Å². The summed E-state index contributed by atoms with van der Waals surface area (Å²) in [5, 5.41) is 3.60. The van der Waals surface area contributed by atoms with Gasteiger partial charge in [0.1, 0.15) is 23.2 Å². The van der Waals surface area contributed by atoms with Crippen molar-refractivity contribution < 1.29 is 17.2 Å². The van der Waals surface area contributed by atoms with Crippen molar-refractivity contribution in [3.63, 3.8) is 0 Å². The highest BCUT2D eigenvalue weighted by molar-refractivity contribution is 7.96. The molecule has 0 radical (unpaired) electrons. The quantitative estimate of drug-likeness (QED) is 0.576. The molecule has 146 valence electrons. The SMILES string of the molecule is CC(C)CC(C(N)=O)[P+](c1ccccc1)(c1ccccc1)c1ccccc1.[Cl-]. The first-order chi connectivity index (χ1) is 13.1. The van der Waals surface area contributed by atoms with Gasteiger partial charge in [-0.05, 0) is 48.7 Å². The predicted octanol–water partition coefficient (Wildman–Crippen LogP) is 0.885. The molecule has 3 aromatic carbocycles. The van der Waals surface area contributed by atoms with E-state index in [1.807, 2.05) is 18.2 Å². The first-order valence-electron chi connectivity index (χ1n) is 9.41. The van der Waals surface area contributed by atoms with E-state index in [0.717, 1.165) is 6.42 Å². The van der Waals surface area contributed by atoms with Gasteiger partial charge in [-0.3, -0.25) is 4.79 Å². The number of carbonyl (C=O) groups is 1. The molecule has 0 fully saturated rings. The number of carbonyl (C=O) groups excluding carboxylic acids is 1. The number of hydrogen-bond donors (Lipinski definition) is 1. The lowest BCUT2D eigenvalue weighted by molar-refractivity contribution is -0.117. The first kappa shape index (κ1) is 22.1. The van der Waals surface area contributed by atoms with Crippen LogP contribution in [-0.2, 0) is 4.79 Å². The van der Waals surface area contributed by atoms with Gasteiger partial charge in [0.25, 0.3) is 5.91 Å². The Bertz CT molecular complexity index is 772. The Morgan fingerprint density at radius 2 is 1.07 bits per heavy atom. The van der Waals surface area contributed by atoms with Gasteiger partial charge in [-0.25, -0.2) is 0 Å². The molecule has 1 unspecified atom stereocenters. The maximum atomic E-state index is 12.9. The zero-order valence-electron chi connectivity index (χ0n) is 16.3. The minimum atomic E-state index is -2.25. The monoisotopic (exact) mass is 411 g/mol. The molecule has 0 aliphatic rings. The second-order valence-electron chi connectivity index (χ2n) is 7.28. The molecule has 28 heavy (non-hydrogen) atoms. The standard InChI is InChI=1S/C24H26NOP.ClH/c1-19(2)18-23(24(25)26)27(20-12-6-3-7-13-20,21-14-8-4-9-15-21)22-16-10-5-11-17-22;/h3-17,19,23H,18H2,1-2H3,(H-,25,26);1H. The van der Waals surface area contributed by atoms with Gasteiger partial charge >= 0.3 is 0 Å². The Labute approximate surface area is 174 Å². The van der Waals surface area contributed by atoms with Gasteiger partial charge in [-0.15, -0.1) is 0 Å². The summed E-state index contributed by atoms with van der Waals surface area (Å²) in [6.07, 6.45) is 0.766. The molecule has 0 saturated heterocycles. The minimum absolute atomic E-state index is 0. The van der Waals surface area contributed by atoms with E-state index in [1.165, 1.54) is 15.9 Å². The highest BCUT2D eigenvalue weighted by Gasteiger charge is 2.54. The van der Waals surface area contributed by atoms with E-state index in [2.05, 4.69) is 86.6 Å². The van der Waals surface area contributed by atoms with Crippen LogP contribution in [0.25, 0.3) is 0 Å². The van der Waals surface area contributed by atoms with Crippen LogP contribution in [0.4, 0.5) is 0 Å². The largest absolute Gasteiger partial charge is 1.00 e. The van der Waals surface area contributed by atoms with E-state index in [0.29, 0.717) is 5.92 Å². The van der Waals surface area contributed by atoms with Crippen molar-refractivity contribution in [2.75, 3.05) is 0 Å². The van der Waals surface area contributed by atoms with Crippen LogP contribution in [0.15, 0.2) is 91.0 Å². The van der Waals surface area contributed by atoms with Crippen LogP contribution in [0, 0.1) is 5.92 Å². The van der Waals surface area contributed by atoms with Gasteiger partial charge < -0.3 is 18.1 Å². The lowest BCUT2D eigenvalue weighted by Gasteiger charge is -2.34. The maximum Gasteiger partial charge on any atom is 0.259 e. The van der Waals surface area contributed by atoms with E-state index < -0.39 is 7.26 Å². The average molecular weight is 412 g/mol. The van der Waals surface area contributed by atoms with Gasteiger partial charge in [-0.1, -0.05) is 68.4 Å². The Hall–Kier alpha value is -2.15. The Morgan fingerprint density at radius 3 is 1.32 bits per heavy atom. The first-order valence-corrected chi connectivity index (χ1v) is 11.3. The summed E-state index contributed by atoms with van der Waals surface area (Å²) in [5.74, 6) is 0.159. The van der Waals surface area contributed by atoms with Crippen molar-refractivity contribution in [1.82, 2.24) is 0 Å². The summed E-state index contributed by atoms with van der Waals surface area (Å²) in [4.78, 5) is 12.9. The smallest absolute Gasteiger partial charge is 0.259 e. The number of rotatable bonds is 7. The van der Waals surface area contributed by atoms with E-state index in [4.69, 9.17) is 5.73 Å². The number of nitrogens with two attached hydrogens (primary N) is 1. The third-order valence-corrected chi connectivity index (χ3v) is 9.72. The zero-order chi connectivity index (χ0) is 19.3. The minimum Gasteiger partial charge on any atom is -1.00 e. The number of halogens is 1. The number of amides is 1. The van der Waals surface area contributed by atoms with Crippen LogP contribution in [0.5, 0.6) is 0 Å². The van der Waals surface area contributed by atoms with Gasteiger partial charge in [-0.2, -0.15) is 0 Å². The average Bonchev–Trinajstić information content (AvgIpc) is 2.70. The molecule has 2 N–H and O–H groups in total. The van der Waals surface area contributed by atoms with E-state index in [-0.39, 0.29) is 24.0 Å². The molecule has 0 spiro atoms. The van der Waals surface area contributed by atoms with Gasteiger partial charge in [0.2, 0.25) is 0 Å². The molecule has 0 heterocycles. The van der Waals surface area contributed by atoms with Gasteiger partial charge in [0.05, 0.1) is 0 Å². The molecular formula is C24H27ClNOP. The Balaban J connectivity index is 0.00000280. The summed E-state index contributed by atoms with van der Waals surface area (Å²) in [7, 11) is -2.25. The molecule has 4 heteroatoms. The summed E-state index contributed by atoms with van der Waals surface area (Å²) in [5.41, 5.74) is 5.83. The fraction of sp³-hybridized carbons (Fsp3) is 0.208. The number of primary amides is 1. The van der Waals surface area contributed by atoms with Crippen LogP contribution >= 0.6 is 7.26 Å². The zero-order valence-corrected chi connectivity index (χ0v) is 18.0. The molecule has 0 aliphatic heterocycles. The summed E-state index contributed by atoms with van der Waals surface area (Å²) < 4.78 is 0. The summed E-state index contributed by atoms with van der Waals surface area (Å²) >= 11 is 0. The molecule has 3 rings (SSSR count). The van der Waals surface area contributed by atoms with Crippen molar-refractivity contribution in [3.05, 3.63) is 91.0 Å². The lowest BCUT2D eigenvalue weighted by atomic mass is 10.1. The molecular weight excluding hydrogens is 385 g/mol. The molecule has 3 aromatic rings. The Morgan fingerprint density at radius 1 is 0.750 bits per heavy atom.